The van der Waals surface area contributed by atoms with E-state index in [-0.39, 0.29) is 23.5 Å². The number of carboxylic acids is 1. The monoisotopic (exact) mass is 303 g/mol. The summed E-state index contributed by atoms with van der Waals surface area (Å²) >= 11 is 1.32. The van der Waals surface area contributed by atoms with Crippen LogP contribution in [0.3, 0.4) is 0 Å². The maximum Gasteiger partial charge on any atom is 0.336 e. The number of nitrogens with one attached hydrogen (secondary N) is 1. The highest BCUT2D eigenvalue weighted by Crippen LogP contribution is 2.15. The molecule has 0 radical (unpaired) electrons. The molecule has 2 aromatic rings. The van der Waals surface area contributed by atoms with Crippen molar-refractivity contribution in [2.24, 2.45) is 0 Å². The van der Waals surface area contributed by atoms with Crippen LogP contribution in [-0.4, -0.2) is 22.8 Å². The normalized spacial score (nSPS) is 10.1. The summed E-state index contributed by atoms with van der Waals surface area (Å²) in [5.74, 6) is -1.62. The Bertz CT molecular complexity index is 705. The molecule has 0 aliphatic carbocycles. The minimum atomic E-state index is -1.14. The van der Waals surface area contributed by atoms with Crippen molar-refractivity contribution in [3.05, 3.63) is 57.3 Å². The number of carboxylic acid groups (broad SMARTS) is 1. The van der Waals surface area contributed by atoms with Gasteiger partial charge in [0.05, 0.1) is 16.0 Å². The molecule has 0 aliphatic heterocycles. The fourth-order valence-electron chi connectivity index (χ4n) is 1.80. The average molecular weight is 303 g/mol. The molecule has 0 spiro atoms. The van der Waals surface area contributed by atoms with Crippen LogP contribution in [0.2, 0.25) is 0 Å². The molecule has 1 aromatic carbocycles. The van der Waals surface area contributed by atoms with Gasteiger partial charge in [-0.25, -0.2) is 4.79 Å². The molecule has 21 heavy (non-hydrogen) atoms. The fourth-order valence-corrected chi connectivity index (χ4v) is 2.61. The second-order valence-electron chi connectivity index (χ2n) is 4.41. The molecule has 5 nitrogen and oxygen atoms in total. The van der Waals surface area contributed by atoms with Gasteiger partial charge in [-0.1, -0.05) is 12.1 Å². The summed E-state index contributed by atoms with van der Waals surface area (Å²) in [7, 11) is 0. The summed E-state index contributed by atoms with van der Waals surface area (Å²) in [5, 5.41) is 13.5. The number of amides is 1. The Labute approximate surface area is 125 Å². The Kier molecular flexibility index (Phi) is 4.49. The molecule has 0 atom stereocenters. The Morgan fingerprint density at radius 1 is 1.19 bits per heavy atom. The highest BCUT2D eigenvalue weighted by atomic mass is 32.1. The standard InChI is InChI=1S/C15H13NO4S/c1-9(17)13-6-10(8-21-13)7-16-14(18)11-4-2-3-5-12(11)15(19)20/h2-6,8H,7H2,1H3,(H,16,18)(H,19,20). The SMILES string of the molecule is CC(=O)c1cc(CNC(=O)c2ccccc2C(=O)O)cs1. The molecule has 1 amide bonds. The maximum absolute atomic E-state index is 12.0. The molecule has 2 N–H and O–H groups in total. The quantitative estimate of drug-likeness (QED) is 0.832. The Morgan fingerprint density at radius 2 is 1.86 bits per heavy atom. The number of rotatable bonds is 5. The second-order valence-corrected chi connectivity index (χ2v) is 5.32. The molecular weight excluding hydrogens is 290 g/mol. The summed E-state index contributed by atoms with van der Waals surface area (Å²) in [4.78, 5) is 34.9. The van der Waals surface area contributed by atoms with E-state index in [0.29, 0.717) is 4.88 Å². The van der Waals surface area contributed by atoms with Crippen molar-refractivity contribution in [2.45, 2.75) is 13.5 Å². The number of carbonyl (C=O) groups is 3. The van der Waals surface area contributed by atoms with Gasteiger partial charge >= 0.3 is 5.97 Å². The number of hydrogen-bond donors (Lipinski definition) is 2. The second kappa shape index (κ2) is 6.32. The molecule has 0 bridgehead atoms. The third kappa shape index (κ3) is 3.55. The van der Waals surface area contributed by atoms with Crippen LogP contribution in [-0.2, 0) is 6.54 Å². The van der Waals surface area contributed by atoms with Crippen molar-refractivity contribution in [3.8, 4) is 0 Å². The van der Waals surface area contributed by atoms with Gasteiger partial charge in [-0.2, -0.15) is 0 Å². The van der Waals surface area contributed by atoms with E-state index in [0.717, 1.165) is 5.56 Å². The minimum Gasteiger partial charge on any atom is -0.478 e. The molecule has 1 heterocycles. The van der Waals surface area contributed by atoms with Gasteiger partial charge in [-0.05, 0) is 36.1 Å². The van der Waals surface area contributed by atoms with Gasteiger partial charge < -0.3 is 10.4 Å². The maximum atomic E-state index is 12.0. The molecule has 0 aliphatic rings. The van der Waals surface area contributed by atoms with Crippen molar-refractivity contribution in [1.29, 1.82) is 0 Å². The zero-order chi connectivity index (χ0) is 15.4. The number of benzene rings is 1. The first-order valence-corrected chi connectivity index (χ1v) is 7.06. The Morgan fingerprint density at radius 3 is 2.43 bits per heavy atom. The first-order valence-electron chi connectivity index (χ1n) is 6.18. The van der Waals surface area contributed by atoms with Crippen LogP contribution >= 0.6 is 11.3 Å². The van der Waals surface area contributed by atoms with Gasteiger partial charge in [0.2, 0.25) is 0 Å². The van der Waals surface area contributed by atoms with Gasteiger partial charge in [0, 0.05) is 6.54 Å². The molecular formula is C15H13NO4S. The van der Waals surface area contributed by atoms with Crippen LogP contribution in [0.1, 0.15) is 42.9 Å². The lowest BCUT2D eigenvalue weighted by molar-refractivity contribution is 0.0690. The summed E-state index contributed by atoms with van der Waals surface area (Å²) in [5.41, 5.74) is 0.892. The van der Waals surface area contributed by atoms with E-state index in [1.165, 1.54) is 30.4 Å². The summed E-state index contributed by atoms with van der Waals surface area (Å²) in [6.45, 7) is 1.73. The third-order valence-electron chi connectivity index (χ3n) is 2.86. The number of hydrogen-bond acceptors (Lipinski definition) is 4. The number of aromatic carboxylic acids is 1. The highest BCUT2D eigenvalue weighted by molar-refractivity contribution is 7.12. The van der Waals surface area contributed by atoms with Crippen LogP contribution in [0.4, 0.5) is 0 Å². The van der Waals surface area contributed by atoms with E-state index in [1.807, 2.05) is 0 Å². The van der Waals surface area contributed by atoms with Crippen molar-refractivity contribution in [2.75, 3.05) is 0 Å². The molecule has 0 saturated heterocycles. The smallest absolute Gasteiger partial charge is 0.336 e. The summed E-state index contributed by atoms with van der Waals surface area (Å²) in [6, 6.07) is 7.75. The first-order chi connectivity index (χ1) is 9.99. The van der Waals surface area contributed by atoms with Crippen LogP contribution < -0.4 is 5.32 Å². The average Bonchev–Trinajstić information content (AvgIpc) is 2.94. The van der Waals surface area contributed by atoms with Crippen LogP contribution in [0.5, 0.6) is 0 Å². The van der Waals surface area contributed by atoms with Crippen LogP contribution in [0.25, 0.3) is 0 Å². The number of ketones is 1. The Balaban J connectivity index is 2.08. The molecule has 2 rings (SSSR count). The van der Waals surface area contributed by atoms with Gasteiger partial charge in [0.25, 0.3) is 5.91 Å². The zero-order valence-electron chi connectivity index (χ0n) is 11.3. The molecule has 0 unspecified atom stereocenters. The lowest BCUT2D eigenvalue weighted by Crippen LogP contribution is -2.24. The highest BCUT2D eigenvalue weighted by Gasteiger charge is 2.15. The van der Waals surface area contributed by atoms with E-state index in [2.05, 4.69) is 5.32 Å². The van der Waals surface area contributed by atoms with Gasteiger partial charge in [-0.3, -0.25) is 9.59 Å². The predicted octanol–water partition coefficient (Wildman–Crippen LogP) is 2.58. The molecule has 0 saturated carbocycles. The van der Waals surface area contributed by atoms with Crippen molar-refractivity contribution >= 4 is 29.0 Å². The van der Waals surface area contributed by atoms with Crippen molar-refractivity contribution < 1.29 is 19.5 Å². The fraction of sp³-hybridized carbons (Fsp3) is 0.133. The Hall–Kier alpha value is -2.47. The molecule has 6 heteroatoms. The zero-order valence-corrected chi connectivity index (χ0v) is 12.1. The largest absolute Gasteiger partial charge is 0.478 e. The number of Topliss-reactive ketones (excluding diaryl/α,β-unsaturated/α-hetero) is 1. The van der Waals surface area contributed by atoms with Crippen molar-refractivity contribution in [1.82, 2.24) is 5.32 Å². The molecule has 1 aromatic heterocycles. The van der Waals surface area contributed by atoms with Crippen LogP contribution in [0.15, 0.2) is 35.7 Å². The van der Waals surface area contributed by atoms with E-state index < -0.39 is 11.9 Å². The molecule has 0 fully saturated rings. The molecule has 108 valence electrons. The predicted molar refractivity (Wildman–Crippen MR) is 78.9 cm³/mol. The number of thiophene rings is 1. The van der Waals surface area contributed by atoms with E-state index in [9.17, 15) is 14.4 Å². The summed E-state index contributed by atoms with van der Waals surface area (Å²) < 4.78 is 0. The lowest BCUT2D eigenvalue weighted by Gasteiger charge is -2.06. The number of carbonyl (C=O) groups excluding carboxylic acids is 2. The minimum absolute atomic E-state index is 0.0196. The third-order valence-corrected chi connectivity index (χ3v) is 3.94. The van der Waals surface area contributed by atoms with Gasteiger partial charge in [0.1, 0.15) is 0 Å². The van der Waals surface area contributed by atoms with E-state index in [1.54, 1.807) is 23.6 Å². The van der Waals surface area contributed by atoms with E-state index >= 15 is 0 Å². The van der Waals surface area contributed by atoms with E-state index in [4.69, 9.17) is 5.11 Å². The van der Waals surface area contributed by atoms with Crippen LogP contribution in [0, 0.1) is 0 Å². The topological polar surface area (TPSA) is 83.5 Å². The summed E-state index contributed by atoms with van der Waals surface area (Å²) in [6.07, 6.45) is 0. The van der Waals surface area contributed by atoms with Gasteiger partial charge in [-0.15, -0.1) is 11.3 Å². The first kappa shape index (κ1) is 14.9. The van der Waals surface area contributed by atoms with Crippen molar-refractivity contribution in [3.63, 3.8) is 0 Å². The lowest BCUT2D eigenvalue weighted by atomic mass is 10.1. The van der Waals surface area contributed by atoms with Gasteiger partial charge in [0.15, 0.2) is 5.78 Å².